The van der Waals surface area contributed by atoms with Gasteiger partial charge in [0.25, 0.3) is 5.91 Å². The Morgan fingerprint density at radius 2 is 1.56 bits per heavy atom. The fourth-order valence-electron chi connectivity index (χ4n) is 3.34. The van der Waals surface area contributed by atoms with Crippen molar-refractivity contribution < 1.29 is 9.59 Å². The van der Waals surface area contributed by atoms with Crippen molar-refractivity contribution in [3.8, 4) is 0 Å². The number of carbonyl (C=O) groups excluding carboxylic acids is 2. The number of hydrazone groups is 1. The zero-order valence-electron chi connectivity index (χ0n) is 15.2. The SMILES string of the molecule is CC1=NN(c2ccccc2)C(=O)/C1=C/C1C(=O)N(c2ccccc2)NC1C. The number of hydrogen-bond donors (Lipinski definition) is 1. The maximum Gasteiger partial charge on any atom is 0.280 e. The Bertz CT molecular complexity index is 937. The zero-order chi connectivity index (χ0) is 19.0. The predicted octanol–water partition coefficient (Wildman–Crippen LogP) is 2.89. The summed E-state index contributed by atoms with van der Waals surface area (Å²) in [6, 6.07) is 18.6. The van der Waals surface area contributed by atoms with E-state index in [-0.39, 0.29) is 17.9 Å². The average Bonchev–Trinajstić information content (AvgIpc) is 3.14. The molecule has 2 atom stereocenters. The Hall–Kier alpha value is -3.25. The molecule has 4 rings (SSSR count). The maximum absolute atomic E-state index is 12.9. The molecule has 0 bridgehead atoms. The number of rotatable bonds is 3. The molecule has 2 aliphatic heterocycles. The molecule has 0 spiro atoms. The number of carbonyl (C=O) groups is 2. The molecule has 2 aliphatic rings. The van der Waals surface area contributed by atoms with E-state index in [1.165, 1.54) is 5.01 Å². The molecule has 136 valence electrons. The summed E-state index contributed by atoms with van der Waals surface area (Å²) in [6.07, 6.45) is 1.74. The van der Waals surface area contributed by atoms with Crippen LogP contribution >= 0.6 is 0 Å². The molecule has 1 fully saturated rings. The van der Waals surface area contributed by atoms with E-state index in [1.807, 2.05) is 67.6 Å². The van der Waals surface area contributed by atoms with Gasteiger partial charge in [-0.3, -0.25) is 9.59 Å². The molecule has 2 unspecified atom stereocenters. The Balaban J connectivity index is 1.61. The Morgan fingerprint density at radius 1 is 0.963 bits per heavy atom. The molecule has 0 radical (unpaired) electrons. The Kier molecular flexibility index (Phi) is 4.33. The lowest BCUT2D eigenvalue weighted by molar-refractivity contribution is -0.119. The van der Waals surface area contributed by atoms with E-state index in [0.29, 0.717) is 17.0 Å². The van der Waals surface area contributed by atoms with E-state index in [9.17, 15) is 9.59 Å². The van der Waals surface area contributed by atoms with E-state index in [4.69, 9.17) is 0 Å². The van der Waals surface area contributed by atoms with Gasteiger partial charge in [-0.15, -0.1) is 0 Å². The van der Waals surface area contributed by atoms with Crippen LogP contribution in [0, 0.1) is 5.92 Å². The largest absolute Gasteiger partial charge is 0.280 e. The second kappa shape index (κ2) is 6.81. The third kappa shape index (κ3) is 3.04. The van der Waals surface area contributed by atoms with Crippen molar-refractivity contribution in [2.45, 2.75) is 19.9 Å². The Morgan fingerprint density at radius 3 is 2.19 bits per heavy atom. The van der Waals surface area contributed by atoms with E-state index in [2.05, 4.69) is 10.5 Å². The summed E-state index contributed by atoms with van der Waals surface area (Å²) in [4.78, 5) is 25.8. The first-order chi connectivity index (χ1) is 13.1. The van der Waals surface area contributed by atoms with E-state index in [1.54, 1.807) is 18.0 Å². The van der Waals surface area contributed by atoms with E-state index < -0.39 is 5.92 Å². The number of para-hydroxylation sites is 2. The minimum absolute atomic E-state index is 0.0834. The summed E-state index contributed by atoms with van der Waals surface area (Å²) in [7, 11) is 0. The molecular formula is C21H20N4O2. The Labute approximate surface area is 157 Å². The smallest absolute Gasteiger partial charge is 0.272 e. The average molecular weight is 360 g/mol. The molecule has 0 aliphatic carbocycles. The molecule has 2 aromatic rings. The van der Waals surface area contributed by atoms with Crippen LogP contribution in [0.3, 0.4) is 0 Å². The van der Waals surface area contributed by atoms with Gasteiger partial charge >= 0.3 is 0 Å². The molecule has 27 heavy (non-hydrogen) atoms. The van der Waals surface area contributed by atoms with Crippen molar-refractivity contribution >= 4 is 28.9 Å². The predicted molar refractivity (Wildman–Crippen MR) is 105 cm³/mol. The van der Waals surface area contributed by atoms with Crippen molar-refractivity contribution in [1.82, 2.24) is 5.43 Å². The number of hydrogen-bond acceptors (Lipinski definition) is 4. The lowest BCUT2D eigenvalue weighted by Crippen LogP contribution is -2.36. The first-order valence-corrected chi connectivity index (χ1v) is 8.88. The number of nitrogens with one attached hydrogen (secondary N) is 1. The van der Waals surface area contributed by atoms with Crippen molar-refractivity contribution in [3.05, 3.63) is 72.3 Å². The highest BCUT2D eigenvalue weighted by Crippen LogP contribution is 2.28. The molecule has 0 aromatic heterocycles. The first-order valence-electron chi connectivity index (χ1n) is 8.88. The zero-order valence-corrected chi connectivity index (χ0v) is 15.2. The second-order valence-corrected chi connectivity index (χ2v) is 6.67. The molecule has 1 saturated heterocycles. The highest BCUT2D eigenvalue weighted by atomic mass is 16.2. The fraction of sp³-hybridized carbons (Fsp3) is 0.190. The van der Waals surface area contributed by atoms with Gasteiger partial charge in [-0.05, 0) is 38.1 Å². The van der Waals surface area contributed by atoms with Crippen molar-refractivity contribution in [2.75, 3.05) is 10.0 Å². The number of hydrazine groups is 1. The number of nitrogens with zero attached hydrogens (tertiary/aromatic N) is 3. The standard InChI is InChI=1S/C21H20N4O2/c1-14-18(20(26)24(22-14)16-9-5-3-6-10-16)13-19-15(2)23-25(21(19)27)17-11-7-4-8-12-17/h3-14,18,22H,1-2H3/b19-13+. The molecule has 2 heterocycles. The topological polar surface area (TPSA) is 65.0 Å². The van der Waals surface area contributed by atoms with E-state index >= 15 is 0 Å². The number of amides is 2. The van der Waals surface area contributed by atoms with Crippen LogP contribution in [0.25, 0.3) is 0 Å². The summed E-state index contributed by atoms with van der Waals surface area (Å²) in [5.74, 6) is -0.734. The normalized spacial score (nSPS) is 24.1. The summed E-state index contributed by atoms with van der Waals surface area (Å²) in [6.45, 7) is 3.72. The van der Waals surface area contributed by atoms with Crippen LogP contribution < -0.4 is 15.4 Å². The molecule has 2 amide bonds. The van der Waals surface area contributed by atoms with Crippen molar-refractivity contribution in [3.63, 3.8) is 0 Å². The molecule has 2 aromatic carbocycles. The first kappa shape index (κ1) is 17.2. The highest BCUT2D eigenvalue weighted by Gasteiger charge is 2.39. The van der Waals surface area contributed by atoms with Gasteiger partial charge in [0.2, 0.25) is 5.91 Å². The summed E-state index contributed by atoms with van der Waals surface area (Å²) in [5, 5.41) is 7.31. The van der Waals surface area contributed by atoms with Crippen LogP contribution in [0.2, 0.25) is 0 Å². The van der Waals surface area contributed by atoms with Crippen molar-refractivity contribution in [1.29, 1.82) is 0 Å². The van der Waals surface area contributed by atoms with Gasteiger partial charge < -0.3 is 0 Å². The van der Waals surface area contributed by atoms with E-state index in [0.717, 1.165) is 5.69 Å². The number of benzene rings is 2. The highest BCUT2D eigenvalue weighted by molar-refractivity contribution is 6.30. The van der Waals surface area contributed by atoms with Crippen LogP contribution in [-0.2, 0) is 9.59 Å². The second-order valence-electron chi connectivity index (χ2n) is 6.67. The van der Waals surface area contributed by atoms with Crippen LogP contribution in [-0.4, -0.2) is 23.6 Å². The summed E-state index contributed by atoms with van der Waals surface area (Å²) < 4.78 is 0. The minimum atomic E-state index is -0.440. The number of anilines is 2. The maximum atomic E-state index is 12.9. The third-order valence-corrected chi connectivity index (χ3v) is 4.80. The monoisotopic (exact) mass is 360 g/mol. The molecular weight excluding hydrogens is 340 g/mol. The van der Waals surface area contributed by atoms with Gasteiger partial charge in [-0.1, -0.05) is 42.5 Å². The van der Waals surface area contributed by atoms with Gasteiger partial charge in [-0.25, -0.2) is 10.4 Å². The van der Waals surface area contributed by atoms with Gasteiger partial charge in [0, 0.05) is 6.04 Å². The van der Waals surface area contributed by atoms with Crippen LogP contribution in [0.4, 0.5) is 11.4 Å². The lowest BCUT2D eigenvalue weighted by atomic mass is 9.97. The molecule has 0 saturated carbocycles. The summed E-state index contributed by atoms with van der Waals surface area (Å²) in [5.41, 5.74) is 5.77. The van der Waals surface area contributed by atoms with Gasteiger partial charge in [0.1, 0.15) is 0 Å². The van der Waals surface area contributed by atoms with Crippen LogP contribution in [0.1, 0.15) is 13.8 Å². The lowest BCUT2D eigenvalue weighted by Gasteiger charge is -2.16. The van der Waals surface area contributed by atoms with Gasteiger partial charge in [0.15, 0.2) is 0 Å². The molecule has 6 nitrogen and oxygen atoms in total. The molecule has 6 heteroatoms. The molecule has 1 N–H and O–H groups in total. The van der Waals surface area contributed by atoms with Gasteiger partial charge in [0.05, 0.1) is 28.6 Å². The minimum Gasteiger partial charge on any atom is -0.272 e. The summed E-state index contributed by atoms with van der Waals surface area (Å²) >= 11 is 0. The van der Waals surface area contributed by atoms with Crippen LogP contribution in [0.5, 0.6) is 0 Å². The van der Waals surface area contributed by atoms with Crippen molar-refractivity contribution in [2.24, 2.45) is 11.0 Å². The van der Waals surface area contributed by atoms with Gasteiger partial charge in [-0.2, -0.15) is 10.1 Å². The third-order valence-electron chi connectivity index (χ3n) is 4.80. The van der Waals surface area contributed by atoms with Crippen LogP contribution in [0.15, 0.2) is 77.4 Å². The fourth-order valence-corrected chi connectivity index (χ4v) is 3.34. The quantitative estimate of drug-likeness (QED) is 0.856.